The maximum atomic E-state index is 12.2. The zero-order chi connectivity index (χ0) is 16.2. The Morgan fingerprint density at radius 2 is 2.30 bits per heavy atom. The summed E-state index contributed by atoms with van der Waals surface area (Å²) >= 11 is 0. The Morgan fingerprint density at radius 1 is 1.43 bits per heavy atom. The lowest BCUT2D eigenvalue weighted by Gasteiger charge is -2.43. The van der Waals surface area contributed by atoms with Gasteiger partial charge < -0.3 is 15.4 Å². The number of hydrogen-bond acceptors (Lipinski definition) is 4. The molecule has 2 amide bonds. The SMILES string of the molecule is COCC1CC(=O)NC2CC(NC(=O)c3ccccn3)CCC12. The monoisotopic (exact) mass is 317 g/mol. The average molecular weight is 317 g/mol. The van der Waals surface area contributed by atoms with Crippen LogP contribution in [0.25, 0.3) is 0 Å². The topological polar surface area (TPSA) is 80.3 Å². The molecule has 1 saturated carbocycles. The summed E-state index contributed by atoms with van der Waals surface area (Å²) in [7, 11) is 1.68. The molecule has 1 aliphatic heterocycles. The smallest absolute Gasteiger partial charge is 0.270 e. The average Bonchev–Trinajstić information content (AvgIpc) is 2.55. The lowest BCUT2D eigenvalue weighted by molar-refractivity contribution is -0.128. The normalized spacial score (nSPS) is 30.2. The Balaban J connectivity index is 1.61. The number of pyridine rings is 1. The fourth-order valence-corrected chi connectivity index (χ4v) is 3.86. The van der Waals surface area contributed by atoms with Crippen molar-refractivity contribution in [3.8, 4) is 0 Å². The molecule has 2 aliphatic rings. The minimum atomic E-state index is -0.148. The zero-order valence-corrected chi connectivity index (χ0v) is 13.3. The third-order valence-electron chi connectivity index (χ3n) is 4.92. The van der Waals surface area contributed by atoms with E-state index in [2.05, 4.69) is 15.6 Å². The molecule has 4 atom stereocenters. The number of methoxy groups -OCH3 is 1. The molecule has 1 aliphatic carbocycles. The summed E-state index contributed by atoms with van der Waals surface area (Å²) in [6.07, 6.45) is 4.85. The van der Waals surface area contributed by atoms with Gasteiger partial charge in [-0.05, 0) is 43.2 Å². The molecule has 1 saturated heterocycles. The van der Waals surface area contributed by atoms with Gasteiger partial charge in [0.15, 0.2) is 0 Å². The molecule has 6 nitrogen and oxygen atoms in total. The van der Waals surface area contributed by atoms with Crippen molar-refractivity contribution < 1.29 is 14.3 Å². The summed E-state index contributed by atoms with van der Waals surface area (Å²) in [6, 6.07) is 5.50. The van der Waals surface area contributed by atoms with Gasteiger partial charge in [-0.1, -0.05) is 6.07 Å². The summed E-state index contributed by atoms with van der Waals surface area (Å²) in [5.74, 6) is 0.663. The summed E-state index contributed by atoms with van der Waals surface area (Å²) in [5.41, 5.74) is 0.430. The van der Waals surface area contributed by atoms with Crippen LogP contribution in [-0.4, -0.2) is 42.6 Å². The van der Waals surface area contributed by atoms with Gasteiger partial charge in [0.05, 0.1) is 0 Å². The second kappa shape index (κ2) is 7.08. The molecule has 0 aromatic carbocycles. The predicted molar refractivity (Wildman–Crippen MR) is 84.7 cm³/mol. The Kier molecular flexibility index (Phi) is 4.91. The van der Waals surface area contributed by atoms with E-state index in [4.69, 9.17) is 4.74 Å². The minimum Gasteiger partial charge on any atom is -0.384 e. The maximum absolute atomic E-state index is 12.2. The van der Waals surface area contributed by atoms with E-state index in [1.54, 1.807) is 31.5 Å². The van der Waals surface area contributed by atoms with Crippen LogP contribution in [0.1, 0.15) is 36.2 Å². The van der Waals surface area contributed by atoms with Crippen LogP contribution in [0.5, 0.6) is 0 Å². The fourth-order valence-electron chi connectivity index (χ4n) is 3.86. The van der Waals surface area contributed by atoms with Crippen LogP contribution in [0.4, 0.5) is 0 Å². The van der Waals surface area contributed by atoms with Crippen molar-refractivity contribution >= 4 is 11.8 Å². The first kappa shape index (κ1) is 15.9. The standard InChI is InChI=1S/C17H23N3O3/c1-23-10-11-8-16(21)20-15-9-12(5-6-13(11)15)19-17(22)14-4-2-3-7-18-14/h2-4,7,11-13,15H,5-6,8-10H2,1H3,(H,19,22)(H,20,21). The van der Waals surface area contributed by atoms with E-state index < -0.39 is 0 Å². The van der Waals surface area contributed by atoms with Crippen LogP contribution in [0.3, 0.4) is 0 Å². The first-order valence-corrected chi connectivity index (χ1v) is 8.17. The molecule has 23 heavy (non-hydrogen) atoms. The molecule has 0 radical (unpaired) electrons. The van der Waals surface area contributed by atoms with Gasteiger partial charge in [0.2, 0.25) is 5.91 Å². The molecule has 4 unspecified atom stereocenters. The van der Waals surface area contributed by atoms with Gasteiger partial charge in [-0.3, -0.25) is 14.6 Å². The number of piperidine rings is 1. The first-order valence-electron chi connectivity index (χ1n) is 8.17. The molecule has 2 heterocycles. The van der Waals surface area contributed by atoms with Crippen LogP contribution in [0.2, 0.25) is 0 Å². The van der Waals surface area contributed by atoms with Crippen LogP contribution >= 0.6 is 0 Å². The molecule has 0 bridgehead atoms. The number of hydrogen-bond donors (Lipinski definition) is 2. The van der Waals surface area contributed by atoms with Crippen molar-refractivity contribution in [2.24, 2.45) is 11.8 Å². The van der Waals surface area contributed by atoms with Crippen molar-refractivity contribution in [3.63, 3.8) is 0 Å². The number of carbonyl (C=O) groups excluding carboxylic acids is 2. The molecule has 124 valence electrons. The van der Waals surface area contributed by atoms with Gasteiger partial charge in [-0.25, -0.2) is 0 Å². The summed E-state index contributed by atoms with van der Waals surface area (Å²) in [6.45, 7) is 0.625. The number of aromatic nitrogens is 1. The lowest BCUT2D eigenvalue weighted by atomic mass is 9.71. The summed E-state index contributed by atoms with van der Waals surface area (Å²) in [5, 5.41) is 6.13. The van der Waals surface area contributed by atoms with E-state index in [-0.39, 0.29) is 29.8 Å². The second-order valence-electron chi connectivity index (χ2n) is 6.46. The zero-order valence-electron chi connectivity index (χ0n) is 13.3. The lowest BCUT2D eigenvalue weighted by Crippen LogP contribution is -2.56. The summed E-state index contributed by atoms with van der Waals surface area (Å²) < 4.78 is 5.27. The van der Waals surface area contributed by atoms with Crippen LogP contribution in [-0.2, 0) is 9.53 Å². The number of nitrogens with one attached hydrogen (secondary N) is 2. The maximum Gasteiger partial charge on any atom is 0.270 e. The Morgan fingerprint density at radius 3 is 3.04 bits per heavy atom. The van der Waals surface area contributed by atoms with E-state index in [1.165, 1.54) is 0 Å². The molecular weight excluding hydrogens is 294 g/mol. The highest BCUT2D eigenvalue weighted by Gasteiger charge is 2.40. The van der Waals surface area contributed by atoms with Gasteiger partial charge in [0, 0.05) is 38.4 Å². The highest BCUT2D eigenvalue weighted by atomic mass is 16.5. The van der Waals surface area contributed by atoms with E-state index >= 15 is 0 Å². The number of nitrogens with zero attached hydrogens (tertiary/aromatic N) is 1. The molecule has 2 fully saturated rings. The summed E-state index contributed by atoms with van der Waals surface area (Å²) in [4.78, 5) is 28.2. The Labute approximate surface area is 136 Å². The predicted octanol–water partition coefficient (Wildman–Crippen LogP) is 1.13. The Bertz CT molecular complexity index is 563. The molecule has 0 spiro atoms. The van der Waals surface area contributed by atoms with Crippen LogP contribution in [0.15, 0.2) is 24.4 Å². The van der Waals surface area contributed by atoms with Crippen molar-refractivity contribution in [3.05, 3.63) is 30.1 Å². The highest BCUT2D eigenvalue weighted by Crippen LogP contribution is 2.35. The number of amides is 2. The number of carbonyl (C=O) groups is 2. The van der Waals surface area contributed by atoms with Gasteiger partial charge in [0.1, 0.15) is 5.69 Å². The van der Waals surface area contributed by atoms with Gasteiger partial charge >= 0.3 is 0 Å². The Hall–Kier alpha value is -1.95. The van der Waals surface area contributed by atoms with Crippen LogP contribution in [0, 0.1) is 11.8 Å². The van der Waals surface area contributed by atoms with Gasteiger partial charge in [0.25, 0.3) is 5.91 Å². The largest absolute Gasteiger partial charge is 0.384 e. The van der Waals surface area contributed by atoms with Gasteiger partial charge in [-0.15, -0.1) is 0 Å². The number of ether oxygens (including phenoxy) is 1. The van der Waals surface area contributed by atoms with Crippen molar-refractivity contribution in [1.82, 2.24) is 15.6 Å². The number of rotatable bonds is 4. The first-order chi connectivity index (χ1) is 11.2. The second-order valence-corrected chi connectivity index (χ2v) is 6.46. The van der Waals surface area contributed by atoms with Crippen molar-refractivity contribution in [2.45, 2.75) is 37.8 Å². The minimum absolute atomic E-state index is 0.0763. The van der Waals surface area contributed by atoms with Gasteiger partial charge in [-0.2, -0.15) is 0 Å². The van der Waals surface area contributed by atoms with E-state index in [1.807, 2.05) is 0 Å². The fraction of sp³-hybridized carbons (Fsp3) is 0.588. The molecular formula is C17H23N3O3. The van der Waals surface area contributed by atoms with E-state index in [0.717, 1.165) is 19.3 Å². The molecule has 2 N–H and O–H groups in total. The molecule has 1 aromatic heterocycles. The van der Waals surface area contributed by atoms with Crippen LogP contribution < -0.4 is 10.6 Å². The van der Waals surface area contributed by atoms with E-state index in [9.17, 15) is 9.59 Å². The number of fused-ring (bicyclic) bond motifs is 1. The third-order valence-corrected chi connectivity index (χ3v) is 4.92. The molecule has 1 aromatic rings. The van der Waals surface area contributed by atoms with Crippen molar-refractivity contribution in [2.75, 3.05) is 13.7 Å². The molecule has 6 heteroatoms. The third kappa shape index (κ3) is 3.69. The molecule has 3 rings (SSSR count). The highest BCUT2D eigenvalue weighted by molar-refractivity contribution is 5.92. The quantitative estimate of drug-likeness (QED) is 0.872. The van der Waals surface area contributed by atoms with E-state index in [0.29, 0.717) is 24.6 Å². The van der Waals surface area contributed by atoms with Crippen molar-refractivity contribution in [1.29, 1.82) is 0 Å².